The Bertz CT molecular complexity index is 1770. The minimum Gasteiger partial charge on any atom is -0.396 e. The van der Waals surface area contributed by atoms with Crippen LogP contribution in [-0.2, 0) is 0 Å². The number of aliphatic hydroxyl groups is 1. The predicted molar refractivity (Wildman–Crippen MR) is 154 cm³/mol. The molecule has 11 heteroatoms. The van der Waals surface area contributed by atoms with E-state index in [2.05, 4.69) is 37.0 Å². The van der Waals surface area contributed by atoms with E-state index in [4.69, 9.17) is 11.6 Å². The summed E-state index contributed by atoms with van der Waals surface area (Å²) in [5.74, 6) is -0.668. The lowest BCUT2D eigenvalue weighted by Crippen LogP contribution is -2.15. The largest absolute Gasteiger partial charge is 0.396 e. The average molecular weight is 570 g/mol. The van der Waals surface area contributed by atoms with Crippen molar-refractivity contribution >= 4 is 33.9 Å². The molecule has 2 aromatic carbocycles. The summed E-state index contributed by atoms with van der Waals surface area (Å²) >= 11 is 6.73. The molecule has 2 atom stereocenters. The number of nitriles is 1. The number of nitrogens with zero attached hydrogens (tertiary/aromatic N) is 6. The zero-order valence-corrected chi connectivity index (χ0v) is 22.6. The zero-order valence-electron chi connectivity index (χ0n) is 22.8. The normalized spacial score (nSPS) is 15.5. The highest BCUT2D eigenvalue weighted by Gasteiger charge is 2.27. The monoisotopic (exact) mass is 569 g/mol. The van der Waals surface area contributed by atoms with Crippen LogP contribution in [0, 0.1) is 17.3 Å². The Hall–Kier alpha value is -4.59. The highest BCUT2D eigenvalue weighted by Crippen LogP contribution is 2.38. The number of rotatable bonds is 10. The number of aliphatic hydroxyl groups excluding tert-OH is 1. The molecule has 1 aliphatic carbocycles. The quantitative estimate of drug-likeness (QED) is 0.176. The van der Waals surface area contributed by atoms with E-state index in [9.17, 15) is 16.1 Å². The number of hydrogen-bond acceptors (Lipinski definition) is 8. The van der Waals surface area contributed by atoms with E-state index in [-0.39, 0.29) is 18.7 Å². The number of pyridine rings is 2. The first kappa shape index (κ1) is 25.4. The molecule has 3 heterocycles. The molecule has 206 valence electrons. The van der Waals surface area contributed by atoms with E-state index in [1.807, 2.05) is 30.3 Å². The Morgan fingerprint density at radius 3 is 2.66 bits per heavy atom. The summed E-state index contributed by atoms with van der Waals surface area (Å²) in [4.78, 5) is 8.20. The van der Waals surface area contributed by atoms with Gasteiger partial charge in [-0.3, -0.25) is 4.98 Å². The van der Waals surface area contributed by atoms with Gasteiger partial charge in [0.2, 0.25) is 5.95 Å². The minimum atomic E-state index is -1.71. The number of fused-ring (bicyclic) bond motifs is 1. The van der Waals surface area contributed by atoms with Gasteiger partial charge in [0.15, 0.2) is 0 Å². The Kier molecular flexibility index (Phi) is 7.11. The van der Waals surface area contributed by atoms with Gasteiger partial charge in [-0.15, -0.1) is 5.10 Å². The first-order valence-corrected chi connectivity index (χ1v) is 13.5. The van der Waals surface area contributed by atoms with Gasteiger partial charge in [0.25, 0.3) is 0 Å². The van der Waals surface area contributed by atoms with Crippen molar-refractivity contribution in [3.05, 3.63) is 107 Å². The molecule has 0 aliphatic heterocycles. The average Bonchev–Trinajstić information content (AvgIpc) is 3.73. The van der Waals surface area contributed by atoms with Crippen molar-refractivity contribution in [3.63, 3.8) is 0 Å². The first-order valence-electron chi connectivity index (χ1n) is 13.7. The first-order chi connectivity index (χ1) is 20.4. The molecular formula is C30H26ClFN8O. The number of aromatic nitrogens is 5. The Balaban J connectivity index is 1.46. The summed E-state index contributed by atoms with van der Waals surface area (Å²) in [6, 6.07) is 16.1. The van der Waals surface area contributed by atoms with E-state index in [1.54, 1.807) is 23.0 Å². The van der Waals surface area contributed by atoms with Crippen molar-refractivity contribution in [1.82, 2.24) is 25.0 Å². The van der Waals surface area contributed by atoms with Gasteiger partial charge in [0.05, 0.1) is 47.5 Å². The van der Waals surface area contributed by atoms with Crippen molar-refractivity contribution in [2.24, 2.45) is 0 Å². The van der Waals surface area contributed by atoms with Crippen LogP contribution in [0.5, 0.6) is 0 Å². The number of halogens is 2. The molecule has 1 fully saturated rings. The van der Waals surface area contributed by atoms with E-state index in [0.717, 1.165) is 18.4 Å². The topological polar surface area (TPSA) is 125 Å². The van der Waals surface area contributed by atoms with E-state index in [1.165, 1.54) is 24.5 Å². The molecule has 0 bridgehead atoms. The van der Waals surface area contributed by atoms with Crippen LogP contribution in [0.15, 0.2) is 73.2 Å². The molecule has 0 unspecified atom stereocenters. The molecule has 6 rings (SSSR count). The van der Waals surface area contributed by atoms with E-state index >= 15 is 0 Å². The van der Waals surface area contributed by atoms with Gasteiger partial charge in [0, 0.05) is 30.1 Å². The fourth-order valence-corrected chi connectivity index (χ4v) is 5.01. The van der Waals surface area contributed by atoms with Crippen LogP contribution in [-0.4, -0.2) is 36.7 Å². The predicted octanol–water partition coefficient (Wildman–Crippen LogP) is 5.96. The summed E-state index contributed by atoms with van der Waals surface area (Å²) in [6.07, 6.45) is 6.84. The standard InChI is InChI=1S/C30H26ClFN8O/c31-24-13-21(36-29(19-6-9-27(32)34-15-19)26-17-40(39-38-26)22-7-8-22)12-23-28(20(14-33)16-35-30(23)24)37-25(10-11-41)18-4-2-1-3-5-18/h1-6,9,12-13,15-17,22,25,29,36,41H,7-8,10-11H2,(H,35,37)/t25-,29+/m1/s1/i29D. The van der Waals surface area contributed by atoms with Gasteiger partial charge in [-0.25, -0.2) is 9.67 Å². The Morgan fingerprint density at radius 2 is 1.95 bits per heavy atom. The second-order valence-electron chi connectivity index (χ2n) is 9.82. The molecule has 3 aromatic heterocycles. The third kappa shape index (κ3) is 5.68. The van der Waals surface area contributed by atoms with Crippen LogP contribution in [0.25, 0.3) is 10.9 Å². The van der Waals surface area contributed by atoms with Crippen molar-refractivity contribution in [3.8, 4) is 6.07 Å². The van der Waals surface area contributed by atoms with Gasteiger partial charge in [-0.05, 0) is 48.6 Å². The minimum absolute atomic E-state index is 0.0698. The van der Waals surface area contributed by atoms with Crippen molar-refractivity contribution in [1.29, 1.82) is 5.26 Å². The van der Waals surface area contributed by atoms with Crippen LogP contribution in [0.1, 0.15) is 61.1 Å². The van der Waals surface area contributed by atoms with Crippen LogP contribution in [0.3, 0.4) is 0 Å². The summed E-state index contributed by atoms with van der Waals surface area (Å²) in [6.45, 7) is -0.0698. The van der Waals surface area contributed by atoms with Gasteiger partial charge in [-0.1, -0.05) is 53.2 Å². The lowest BCUT2D eigenvalue weighted by Gasteiger charge is -2.23. The molecule has 41 heavy (non-hydrogen) atoms. The number of nitrogens with one attached hydrogen (secondary N) is 2. The third-order valence-electron chi connectivity index (χ3n) is 6.96. The molecule has 0 amide bonds. The smallest absolute Gasteiger partial charge is 0.212 e. The molecule has 1 aliphatic rings. The van der Waals surface area contributed by atoms with Gasteiger partial charge in [0.1, 0.15) is 11.8 Å². The maximum Gasteiger partial charge on any atom is 0.212 e. The molecule has 0 radical (unpaired) electrons. The highest BCUT2D eigenvalue weighted by molar-refractivity contribution is 6.35. The number of hydrogen-bond donors (Lipinski definition) is 3. The molecule has 5 aromatic rings. The maximum absolute atomic E-state index is 13.7. The summed E-state index contributed by atoms with van der Waals surface area (Å²) in [5.41, 5.74) is 3.26. The maximum atomic E-state index is 13.7. The van der Waals surface area contributed by atoms with Crippen molar-refractivity contribution in [2.45, 2.75) is 37.4 Å². The second kappa shape index (κ2) is 11.5. The lowest BCUT2D eigenvalue weighted by atomic mass is 10.0. The number of benzene rings is 2. The Morgan fingerprint density at radius 1 is 1.12 bits per heavy atom. The van der Waals surface area contributed by atoms with Crippen LogP contribution < -0.4 is 10.6 Å². The zero-order chi connectivity index (χ0) is 29.3. The van der Waals surface area contributed by atoms with Gasteiger partial charge in [-0.2, -0.15) is 9.65 Å². The van der Waals surface area contributed by atoms with E-state index in [0.29, 0.717) is 50.5 Å². The highest BCUT2D eigenvalue weighted by atomic mass is 35.5. The fourth-order valence-electron chi connectivity index (χ4n) is 4.74. The van der Waals surface area contributed by atoms with Crippen LogP contribution in [0.4, 0.5) is 15.8 Å². The molecular weight excluding hydrogens is 543 g/mol. The third-order valence-corrected chi connectivity index (χ3v) is 7.24. The Labute approximate surface area is 242 Å². The molecule has 9 nitrogen and oxygen atoms in total. The van der Waals surface area contributed by atoms with Crippen molar-refractivity contribution in [2.75, 3.05) is 17.2 Å². The molecule has 3 N–H and O–H groups in total. The molecule has 1 saturated carbocycles. The summed E-state index contributed by atoms with van der Waals surface area (Å²) in [7, 11) is 0. The SMILES string of the molecule is [2H][C@](Nc1cc(Cl)c2ncc(C#N)c(N[C@H](CCO)c3ccccc3)c2c1)(c1ccc(F)nc1)c1cn(C2CC2)nn1. The summed E-state index contributed by atoms with van der Waals surface area (Å²) < 4.78 is 25.0. The van der Waals surface area contributed by atoms with Crippen molar-refractivity contribution < 1.29 is 10.9 Å². The fraction of sp³-hybridized carbons (Fsp3) is 0.233. The van der Waals surface area contributed by atoms with Gasteiger partial charge < -0.3 is 15.7 Å². The molecule has 0 saturated heterocycles. The van der Waals surface area contributed by atoms with Crippen LogP contribution in [0.2, 0.25) is 5.02 Å². The van der Waals surface area contributed by atoms with Crippen LogP contribution >= 0.6 is 11.6 Å². The summed E-state index contributed by atoms with van der Waals surface area (Å²) in [5, 5.41) is 35.8. The second-order valence-corrected chi connectivity index (χ2v) is 10.2. The van der Waals surface area contributed by atoms with Gasteiger partial charge >= 0.3 is 0 Å². The molecule has 0 spiro atoms. The lowest BCUT2D eigenvalue weighted by molar-refractivity contribution is 0.280. The van der Waals surface area contributed by atoms with E-state index < -0.39 is 12.0 Å². The number of anilines is 2.